The molecule has 1 aromatic heterocycles. The third kappa shape index (κ3) is 3.09. The van der Waals surface area contributed by atoms with Gasteiger partial charge in [0, 0.05) is 6.20 Å². The van der Waals surface area contributed by atoms with E-state index < -0.39 is 0 Å². The number of nitrogen functional groups attached to an aromatic ring is 1. The zero-order valence-corrected chi connectivity index (χ0v) is 8.86. The van der Waals surface area contributed by atoms with Crippen molar-refractivity contribution >= 4 is 17.7 Å². The van der Waals surface area contributed by atoms with Crippen LogP contribution < -0.4 is 5.73 Å². The van der Waals surface area contributed by atoms with Gasteiger partial charge in [-0.15, -0.1) is 0 Å². The van der Waals surface area contributed by atoms with Crippen LogP contribution in [0.1, 0.15) is 17.7 Å². The number of pyridine rings is 1. The minimum absolute atomic E-state index is 0.228. The lowest BCUT2D eigenvalue weighted by atomic mass is 10.2. The van der Waals surface area contributed by atoms with E-state index in [1.807, 2.05) is 13.0 Å². The Bertz CT molecular complexity index is 386. The van der Waals surface area contributed by atoms with Crippen LogP contribution in [0.4, 0.5) is 5.69 Å². The molecule has 1 heterocycles. The van der Waals surface area contributed by atoms with Crippen molar-refractivity contribution in [1.82, 2.24) is 4.98 Å². The van der Waals surface area contributed by atoms with Gasteiger partial charge in [0.2, 0.25) is 0 Å². The number of carbonyl (C=O) groups is 1. The molecule has 0 saturated carbocycles. The number of methoxy groups -OCH3 is 1. The molecule has 0 aromatic carbocycles. The quantitative estimate of drug-likeness (QED) is 0.762. The summed E-state index contributed by atoms with van der Waals surface area (Å²) >= 11 is 0. The Hall–Kier alpha value is -1.84. The molecule has 80 valence electrons. The number of aryl methyl sites for hydroxylation is 1. The van der Waals surface area contributed by atoms with Crippen LogP contribution >= 0.6 is 0 Å². The van der Waals surface area contributed by atoms with Gasteiger partial charge in [-0.25, -0.2) is 0 Å². The van der Waals surface area contributed by atoms with Gasteiger partial charge in [0.1, 0.15) is 0 Å². The molecule has 15 heavy (non-hydrogen) atoms. The van der Waals surface area contributed by atoms with Crippen molar-refractivity contribution < 1.29 is 9.53 Å². The molecule has 0 radical (unpaired) electrons. The fourth-order valence-corrected chi connectivity index (χ4v) is 1.07. The van der Waals surface area contributed by atoms with Crippen LogP contribution in [0, 0.1) is 6.92 Å². The monoisotopic (exact) mass is 206 g/mol. The van der Waals surface area contributed by atoms with Crippen molar-refractivity contribution in [3.05, 3.63) is 29.6 Å². The number of nitrogens with zero attached hydrogens (tertiary/aromatic N) is 1. The van der Waals surface area contributed by atoms with Crippen LogP contribution in [0.15, 0.2) is 18.3 Å². The van der Waals surface area contributed by atoms with E-state index in [-0.39, 0.29) is 12.4 Å². The zero-order valence-electron chi connectivity index (χ0n) is 8.86. The molecule has 1 aromatic rings. The summed E-state index contributed by atoms with van der Waals surface area (Å²) in [6.07, 6.45) is 5.32. The summed E-state index contributed by atoms with van der Waals surface area (Å²) in [7, 11) is 1.36. The van der Waals surface area contributed by atoms with Crippen molar-refractivity contribution in [2.45, 2.75) is 13.3 Å². The lowest BCUT2D eigenvalue weighted by molar-refractivity contribution is -0.139. The van der Waals surface area contributed by atoms with E-state index in [0.29, 0.717) is 11.4 Å². The van der Waals surface area contributed by atoms with Crippen molar-refractivity contribution in [1.29, 1.82) is 0 Å². The standard InChI is InChI=1S/C11H14N2O2/c1-8-6-7-13-9(11(8)12)4-3-5-10(14)15-2/h3-4,6-7H,5,12H2,1-2H3. The van der Waals surface area contributed by atoms with Gasteiger partial charge in [-0.3, -0.25) is 9.78 Å². The molecular weight excluding hydrogens is 192 g/mol. The van der Waals surface area contributed by atoms with Crippen LogP contribution in [0.3, 0.4) is 0 Å². The average molecular weight is 206 g/mol. The maximum atomic E-state index is 10.8. The minimum Gasteiger partial charge on any atom is -0.469 e. The highest BCUT2D eigenvalue weighted by Crippen LogP contribution is 2.15. The lowest BCUT2D eigenvalue weighted by Gasteiger charge is -2.02. The number of anilines is 1. The summed E-state index contributed by atoms with van der Waals surface area (Å²) in [6.45, 7) is 1.91. The van der Waals surface area contributed by atoms with Crippen molar-refractivity contribution in [2.75, 3.05) is 12.8 Å². The highest BCUT2D eigenvalue weighted by atomic mass is 16.5. The second kappa shape index (κ2) is 5.14. The summed E-state index contributed by atoms with van der Waals surface area (Å²) in [5, 5.41) is 0. The van der Waals surface area contributed by atoms with Gasteiger partial charge in [-0.1, -0.05) is 6.08 Å². The van der Waals surface area contributed by atoms with Crippen LogP contribution in [-0.4, -0.2) is 18.1 Å². The molecule has 0 amide bonds. The maximum absolute atomic E-state index is 10.8. The Balaban J connectivity index is 2.72. The number of hydrogen-bond acceptors (Lipinski definition) is 4. The van der Waals surface area contributed by atoms with Gasteiger partial charge < -0.3 is 10.5 Å². The van der Waals surface area contributed by atoms with Crippen molar-refractivity contribution in [3.63, 3.8) is 0 Å². The number of nitrogens with two attached hydrogens (primary N) is 1. The predicted octanol–water partition coefficient (Wildman–Crippen LogP) is 1.55. The largest absolute Gasteiger partial charge is 0.469 e. The Labute approximate surface area is 88.8 Å². The van der Waals surface area contributed by atoms with E-state index in [0.717, 1.165) is 5.56 Å². The molecule has 0 unspecified atom stereocenters. The number of ether oxygens (including phenoxy) is 1. The summed E-state index contributed by atoms with van der Waals surface area (Å²) < 4.78 is 4.50. The van der Waals surface area contributed by atoms with Gasteiger partial charge in [0.25, 0.3) is 0 Å². The smallest absolute Gasteiger partial charge is 0.309 e. The first-order valence-corrected chi connectivity index (χ1v) is 4.59. The van der Waals surface area contributed by atoms with Crippen molar-refractivity contribution in [2.24, 2.45) is 0 Å². The Kier molecular flexibility index (Phi) is 3.85. The number of aromatic nitrogens is 1. The van der Waals surface area contributed by atoms with Crippen molar-refractivity contribution in [3.8, 4) is 0 Å². The van der Waals surface area contributed by atoms with Crippen LogP contribution in [0.25, 0.3) is 6.08 Å². The van der Waals surface area contributed by atoms with E-state index >= 15 is 0 Å². The molecule has 0 aliphatic heterocycles. The molecule has 0 fully saturated rings. The number of esters is 1. The Morgan fingerprint density at radius 1 is 1.67 bits per heavy atom. The molecule has 0 bridgehead atoms. The van der Waals surface area contributed by atoms with Gasteiger partial charge >= 0.3 is 5.97 Å². The highest BCUT2D eigenvalue weighted by molar-refractivity contribution is 5.73. The fraction of sp³-hybridized carbons (Fsp3) is 0.273. The number of rotatable bonds is 3. The third-order valence-electron chi connectivity index (χ3n) is 2.03. The predicted molar refractivity (Wildman–Crippen MR) is 59.1 cm³/mol. The minimum atomic E-state index is -0.280. The second-order valence-corrected chi connectivity index (χ2v) is 3.11. The molecule has 1 rings (SSSR count). The molecule has 0 atom stereocenters. The van der Waals surface area contributed by atoms with E-state index in [2.05, 4.69) is 9.72 Å². The van der Waals surface area contributed by atoms with E-state index in [4.69, 9.17) is 5.73 Å². The van der Waals surface area contributed by atoms with Crippen LogP contribution in [-0.2, 0) is 9.53 Å². The SMILES string of the molecule is COC(=O)CC=Cc1nccc(C)c1N. The van der Waals surface area contributed by atoms with Gasteiger partial charge in [0.05, 0.1) is 24.9 Å². The molecule has 0 saturated heterocycles. The molecule has 0 aliphatic rings. The summed E-state index contributed by atoms with van der Waals surface area (Å²) in [4.78, 5) is 14.9. The number of carbonyl (C=O) groups excluding carboxylic acids is 1. The Morgan fingerprint density at radius 2 is 2.40 bits per heavy atom. The normalized spacial score (nSPS) is 10.5. The average Bonchev–Trinajstić information content (AvgIpc) is 2.24. The molecule has 0 aliphatic carbocycles. The molecular formula is C11H14N2O2. The van der Waals surface area contributed by atoms with E-state index in [1.165, 1.54) is 7.11 Å². The summed E-state index contributed by atoms with van der Waals surface area (Å²) in [5.41, 5.74) is 8.09. The summed E-state index contributed by atoms with van der Waals surface area (Å²) in [6, 6.07) is 1.84. The van der Waals surface area contributed by atoms with E-state index in [1.54, 1.807) is 18.3 Å². The highest BCUT2D eigenvalue weighted by Gasteiger charge is 1.99. The van der Waals surface area contributed by atoms with Gasteiger partial charge in [-0.05, 0) is 24.6 Å². The number of hydrogen-bond donors (Lipinski definition) is 1. The zero-order chi connectivity index (χ0) is 11.3. The first kappa shape index (κ1) is 11.2. The third-order valence-corrected chi connectivity index (χ3v) is 2.03. The van der Waals surface area contributed by atoms with Gasteiger partial charge in [0.15, 0.2) is 0 Å². The van der Waals surface area contributed by atoms with E-state index in [9.17, 15) is 4.79 Å². The fourth-order valence-electron chi connectivity index (χ4n) is 1.07. The maximum Gasteiger partial charge on any atom is 0.309 e. The topological polar surface area (TPSA) is 65.2 Å². The Morgan fingerprint density at radius 3 is 3.07 bits per heavy atom. The molecule has 2 N–H and O–H groups in total. The van der Waals surface area contributed by atoms with Gasteiger partial charge in [-0.2, -0.15) is 0 Å². The van der Waals surface area contributed by atoms with Crippen LogP contribution in [0.2, 0.25) is 0 Å². The first-order chi connectivity index (χ1) is 7.15. The van der Waals surface area contributed by atoms with Crippen LogP contribution in [0.5, 0.6) is 0 Å². The summed E-state index contributed by atoms with van der Waals surface area (Å²) in [5.74, 6) is -0.280. The first-order valence-electron chi connectivity index (χ1n) is 4.59. The second-order valence-electron chi connectivity index (χ2n) is 3.11. The lowest BCUT2D eigenvalue weighted by Crippen LogP contribution is -1.98. The molecule has 4 heteroatoms. The molecule has 4 nitrogen and oxygen atoms in total. The molecule has 0 spiro atoms.